The maximum Gasteiger partial charge on any atom is 0.345 e. The van der Waals surface area contributed by atoms with Crippen LogP contribution in [0.3, 0.4) is 0 Å². The first-order chi connectivity index (χ1) is 21.0. The summed E-state index contributed by atoms with van der Waals surface area (Å²) in [6.45, 7) is 7.87. The number of fused-ring (bicyclic) bond motifs is 1. The second-order valence-electron chi connectivity index (χ2n) is 13.2. The molecule has 2 aromatic carbocycles. The predicted octanol–water partition coefficient (Wildman–Crippen LogP) is 3.76. The SMILES string of the molecule is Cc1cnn(CCN2CCC34CCN(CC5CC5)C(Cc5ccc(Oc6nnnn6-c6ccccc6)cc53)C4(O)CC2)c1. The summed E-state index contributed by atoms with van der Waals surface area (Å²) in [4.78, 5) is 5.18. The zero-order chi connectivity index (χ0) is 29.0. The molecule has 4 aromatic rings. The monoisotopic (exact) mass is 580 g/mol. The van der Waals surface area contributed by atoms with E-state index in [-0.39, 0.29) is 11.5 Å². The largest absolute Gasteiger partial charge is 0.423 e. The standard InChI is InChI=1S/C33H40N8O2/c1-24-21-34-40(22-24)18-17-38-14-11-32-12-16-39(23-25-7-8-25)30(33(32,42)13-15-38)19-26-9-10-28(20-29(26)32)43-31-35-36-37-41(31)27-5-3-2-4-6-27/h2-6,9-10,20-22,25,30,42H,7-8,11-19,23H2,1H3. The van der Waals surface area contributed by atoms with Gasteiger partial charge in [0.25, 0.3) is 0 Å². The number of para-hydroxylation sites is 1. The molecular weight excluding hydrogens is 540 g/mol. The second kappa shape index (κ2) is 10.5. The number of benzene rings is 2. The molecule has 0 amide bonds. The molecule has 2 aromatic heterocycles. The normalized spacial score (nSPS) is 27.3. The molecule has 2 aliphatic carbocycles. The molecule has 43 heavy (non-hydrogen) atoms. The van der Waals surface area contributed by atoms with Crippen LogP contribution in [0.5, 0.6) is 11.8 Å². The summed E-state index contributed by atoms with van der Waals surface area (Å²) in [5.74, 6) is 1.50. The highest BCUT2D eigenvalue weighted by Gasteiger charge is 2.63. The van der Waals surface area contributed by atoms with Gasteiger partial charge in [0, 0.05) is 37.3 Å². The fraction of sp³-hybridized carbons (Fsp3) is 0.515. The van der Waals surface area contributed by atoms with Gasteiger partial charge in [0.05, 0.1) is 24.0 Å². The quantitative estimate of drug-likeness (QED) is 0.337. The maximum atomic E-state index is 13.0. The summed E-state index contributed by atoms with van der Waals surface area (Å²) >= 11 is 0. The van der Waals surface area contributed by atoms with Crippen LogP contribution < -0.4 is 4.74 Å². The van der Waals surface area contributed by atoms with E-state index < -0.39 is 5.60 Å². The summed E-state index contributed by atoms with van der Waals surface area (Å²) < 4.78 is 10.0. The molecule has 3 atom stereocenters. The third-order valence-corrected chi connectivity index (χ3v) is 10.6. The van der Waals surface area contributed by atoms with Gasteiger partial charge in [-0.15, -0.1) is 0 Å². The molecule has 0 spiro atoms. The smallest absolute Gasteiger partial charge is 0.345 e. The van der Waals surface area contributed by atoms with Crippen LogP contribution in [0.1, 0.15) is 48.8 Å². The Balaban J connectivity index is 1.12. The van der Waals surface area contributed by atoms with Gasteiger partial charge in [-0.2, -0.15) is 9.78 Å². The number of ether oxygens (including phenoxy) is 1. The van der Waals surface area contributed by atoms with Crippen LogP contribution in [0.15, 0.2) is 60.9 Å². The van der Waals surface area contributed by atoms with Crippen molar-refractivity contribution >= 4 is 0 Å². The van der Waals surface area contributed by atoms with E-state index in [0.717, 1.165) is 76.6 Å². The Morgan fingerprint density at radius 2 is 1.84 bits per heavy atom. The van der Waals surface area contributed by atoms with E-state index in [9.17, 15) is 5.11 Å². The van der Waals surface area contributed by atoms with E-state index in [4.69, 9.17) is 4.74 Å². The van der Waals surface area contributed by atoms with Crippen molar-refractivity contribution in [1.29, 1.82) is 0 Å². The highest BCUT2D eigenvalue weighted by molar-refractivity contribution is 5.49. The number of aliphatic hydroxyl groups is 1. The predicted molar refractivity (Wildman–Crippen MR) is 161 cm³/mol. The number of hydrogen-bond acceptors (Lipinski definition) is 8. The van der Waals surface area contributed by atoms with E-state index in [1.165, 1.54) is 29.5 Å². The van der Waals surface area contributed by atoms with E-state index in [0.29, 0.717) is 11.8 Å². The molecule has 2 saturated heterocycles. The minimum atomic E-state index is -0.797. The molecule has 8 rings (SSSR count). The molecule has 2 aliphatic heterocycles. The number of aromatic nitrogens is 6. The molecule has 3 fully saturated rings. The fourth-order valence-electron chi connectivity index (χ4n) is 8.10. The minimum absolute atomic E-state index is 0.139. The lowest BCUT2D eigenvalue weighted by molar-refractivity contribution is -0.149. The van der Waals surface area contributed by atoms with Gasteiger partial charge < -0.3 is 14.7 Å². The number of hydrogen-bond donors (Lipinski definition) is 1. The van der Waals surface area contributed by atoms with Crippen molar-refractivity contribution < 1.29 is 9.84 Å². The summed E-state index contributed by atoms with van der Waals surface area (Å²) in [6, 6.07) is 16.7. The van der Waals surface area contributed by atoms with Gasteiger partial charge in [-0.1, -0.05) is 29.4 Å². The number of rotatable bonds is 8. The maximum absolute atomic E-state index is 13.0. The fourth-order valence-corrected chi connectivity index (χ4v) is 8.10. The number of aryl methyl sites for hydroxylation is 1. The van der Waals surface area contributed by atoms with Gasteiger partial charge >= 0.3 is 6.01 Å². The van der Waals surface area contributed by atoms with Gasteiger partial charge in [0.2, 0.25) is 0 Å². The van der Waals surface area contributed by atoms with Gasteiger partial charge in [-0.05, 0) is 116 Å². The van der Waals surface area contributed by atoms with Crippen LogP contribution in [-0.4, -0.2) is 89.3 Å². The number of nitrogens with zero attached hydrogens (tertiary/aromatic N) is 8. The summed E-state index contributed by atoms with van der Waals surface area (Å²) in [6.07, 6.45) is 10.2. The first-order valence-corrected chi connectivity index (χ1v) is 15.8. The molecule has 10 nitrogen and oxygen atoms in total. The summed E-state index contributed by atoms with van der Waals surface area (Å²) in [7, 11) is 0. The van der Waals surface area contributed by atoms with E-state index >= 15 is 0 Å². The van der Waals surface area contributed by atoms with Crippen molar-refractivity contribution in [3.05, 3.63) is 77.6 Å². The van der Waals surface area contributed by atoms with Gasteiger partial charge in [0.15, 0.2) is 0 Å². The summed E-state index contributed by atoms with van der Waals surface area (Å²) in [5, 5.41) is 29.7. The Labute approximate surface area is 252 Å². The van der Waals surface area contributed by atoms with E-state index in [1.54, 1.807) is 4.68 Å². The van der Waals surface area contributed by atoms with Crippen molar-refractivity contribution in [2.75, 3.05) is 32.7 Å². The lowest BCUT2D eigenvalue weighted by atomic mass is 9.52. The van der Waals surface area contributed by atoms with Crippen LogP contribution >= 0.6 is 0 Å². The average Bonchev–Trinajstić information content (AvgIpc) is 3.60. The Morgan fingerprint density at radius 3 is 2.65 bits per heavy atom. The van der Waals surface area contributed by atoms with Gasteiger partial charge in [0.1, 0.15) is 5.75 Å². The van der Waals surface area contributed by atoms with Crippen molar-refractivity contribution in [3.63, 3.8) is 0 Å². The van der Waals surface area contributed by atoms with Gasteiger partial charge in [-0.25, -0.2) is 0 Å². The molecular formula is C33H40N8O2. The average molecular weight is 581 g/mol. The molecule has 4 aliphatic rings. The number of tetrazole rings is 1. The summed E-state index contributed by atoms with van der Waals surface area (Å²) in [5.41, 5.74) is 3.49. The highest BCUT2D eigenvalue weighted by atomic mass is 16.5. The second-order valence-corrected chi connectivity index (χ2v) is 13.2. The molecule has 0 radical (unpaired) electrons. The molecule has 1 saturated carbocycles. The van der Waals surface area contributed by atoms with E-state index in [1.807, 2.05) is 47.3 Å². The van der Waals surface area contributed by atoms with Crippen LogP contribution in [0.25, 0.3) is 5.69 Å². The van der Waals surface area contributed by atoms with Crippen LogP contribution in [0, 0.1) is 12.8 Å². The Hall–Kier alpha value is -3.60. The Kier molecular flexibility index (Phi) is 6.61. The minimum Gasteiger partial charge on any atom is -0.423 e. The van der Waals surface area contributed by atoms with Crippen LogP contribution in [-0.2, 0) is 18.4 Å². The third kappa shape index (κ3) is 4.76. The zero-order valence-electron chi connectivity index (χ0n) is 24.8. The van der Waals surface area contributed by atoms with Crippen LogP contribution in [0.4, 0.5) is 0 Å². The number of piperidine rings is 1. The molecule has 2 bridgehead atoms. The molecule has 1 N–H and O–H groups in total. The molecule has 4 heterocycles. The van der Waals surface area contributed by atoms with Crippen molar-refractivity contribution in [3.8, 4) is 17.4 Å². The Morgan fingerprint density at radius 1 is 1.00 bits per heavy atom. The van der Waals surface area contributed by atoms with Crippen molar-refractivity contribution in [2.45, 2.75) is 69.1 Å². The lowest BCUT2D eigenvalue weighted by Crippen LogP contribution is -2.71. The van der Waals surface area contributed by atoms with Crippen LogP contribution in [0.2, 0.25) is 0 Å². The van der Waals surface area contributed by atoms with Crippen molar-refractivity contribution in [1.82, 2.24) is 39.8 Å². The topological polar surface area (TPSA) is 97.4 Å². The first-order valence-electron chi connectivity index (χ1n) is 15.8. The third-order valence-electron chi connectivity index (χ3n) is 10.6. The first kappa shape index (κ1) is 27.0. The highest BCUT2D eigenvalue weighted by Crippen LogP contribution is 2.57. The van der Waals surface area contributed by atoms with Gasteiger partial charge in [-0.3, -0.25) is 9.58 Å². The zero-order valence-corrected chi connectivity index (χ0v) is 24.8. The molecule has 10 heteroatoms. The van der Waals surface area contributed by atoms with Crippen molar-refractivity contribution in [2.24, 2.45) is 5.92 Å². The lowest BCUT2D eigenvalue weighted by Gasteiger charge is -2.61. The molecule has 224 valence electrons. The molecule has 3 unspecified atom stereocenters. The number of likely N-dealkylation sites (tertiary alicyclic amines) is 2. The van der Waals surface area contributed by atoms with E-state index in [2.05, 4.69) is 55.7 Å². The Bertz CT molecular complexity index is 1600.